The van der Waals surface area contributed by atoms with Crippen LogP contribution in [0.2, 0.25) is 0 Å². The third-order valence-corrected chi connectivity index (χ3v) is 5.91. The first-order valence-electron chi connectivity index (χ1n) is 9.48. The topological polar surface area (TPSA) is 87.5 Å². The molecule has 0 aromatic heterocycles. The Morgan fingerprint density at radius 2 is 1.45 bits per heavy atom. The quantitative estimate of drug-likeness (QED) is 0.433. The van der Waals surface area contributed by atoms with Gasteiger partial charge in [-0.15, -0.1) is 0 Å². The summed E-state index contributed by atoms with van der Waals surface area (Å²) in [5.41, 5.74) is 1.58. The van der Waals surface area contributed by atoms with Gasteiger partial charge in [-0.25, -0.2) is 4.79 Å². The lowest BCUT2D eigenvalue weighted by Gasteiger charge is -2.14. The van der Waals surface area contributed by atoms with Crippen molar-refractivity contribution in [3.8, 4) is 6.07 Å². The zero-order chi connectivity index (χ0) is 21.8. The highest BCUT2D eigenvalue weighted by atomic mass is 32.2. The summed E-state index contributed by atoms with van der Waals surface area (Å²) < 4.78 is 5.36. The first-order valence-corrected chi connectivity index (χ1v) is 10.3. The van der Waals surface area contributed by atoms with Crippen molar-refractivity contribution in [2.75, 3.05) is 13.2 Å². The van der Waals surface area contributed by atoms with Crippen molar-refractivity contribution in [1.82, 2.24) is 4.90 Å². The monoisotopic (exact) mass is 428 g/mol. The van der Waals surface area contributed by atoms with E-state index in [1.165, 1.54) is 11.8 Å². The highest BCUT2D eigenvalue weighted by molar-refractivity contribution is 7.99. The van der Waals surface area contributed by atoms with E-state index in [-0.39, 0.29) is 25.0 Å². The predicted octanol–water partition coefficient (Wildman–Crippen LogP) is 4.16. The van der Waals surface area contributed by atoms with Gasteiger partial charge in [0, 0.05) is 9.79 Å². The fourth-order valence-corrected chi connectivity index (χ4v) is 4.26. The molecule has 4 rings (SSSR count). The lowest BCUT2D eigenvalue weighted by molar-refractivity contribution is 0.0417. The Bertz CT molecular complexity index is 1200. The van der Waals surface area contributed by atoms with Crippen LogP contribution in [0.3, 0.4) is 0 Å². The van der Waals surface area contributed by atoms with Gasteiger partial charge < -0.3 is 4.74 Å². The zero-order valence-electron chi connectivity index (χ0n) is 16.3. The number of nitrogens with zero attached hydrogens (tertiary/aromatic N) is 2. The molecule has 0 aliphatic carbocycles. The molecule has 7 heteroatoms. The van der Waals surface area contributed by atoms with Crippen molar-refractivity contribution in [2.24, 2.45) is 0 Å². The van der Waals surface area contributed by atoms with Gasteiger partial charge in [-0.2, -0.15) is 5.26 Å². The second kappa shape index (κ2) is 8.86. The number of fused-ring (bicyclic) bond motifs is 1. The van der Waals surface area contributed by atoms with Crippen LogP contribution in [0.4, 0.5) is 0 Å². The molecular formula is C24H16N2O4S. The van der Waals surface area contributed by atoms with Crippen molar-refractivity contribution < 1.29 is 19.1 Å². The third kappa shape index (κ3) is 4.06. The summed E-state index contributed by atoms with van der Waals surface area (Å²) >= 11 is 1.30. The van der Waals surface area contributed by atoms with Gasteiger partial charge >= 0.3 is 5.97 Å². The fraction of sp³-hybridized carbons (Fsp3) is 0.0833. The maximum Gasteiger partial charge on any atom is 0.339 e. The van der Waals surface area contributed by atoms with Crippen molar-refractivity contribution in [2.45, 2.75) is 9.79 Å². The van der Waals surface area contributed by atoms with Gasteiger partial charge in [0.1, 0.15) is 12.7 Å². The van der Waals surface area contributed by atoms with Gasteiger partial charge in [-0.3, -0.25) is 14.5 Å². The minimum absolute atomic E-state index is 0.0232. The van der Waals surface area contributed by atoms with Crippen LogP contribution in [-0.4, -0.2) is 35.8 Å². The average Bonchev–Trinajstić information content (AvgIpc) is 3.05. The Hall–Kier alpha value is -3.89. The van der Waals surface area contributed by atoms with Gasteiger partial charge in [-0.05, 0) is 36.4 Å². The van der Waals surface area contributed by atoms with Crippen molar-refractivity contribution in [3.63, 3.8) is 0 Å². The molecular weight excluding hydrogens is 412 g/mol. The molecule has 0 saturated heterocycles. The van der Waals surface area contributed by atoms with Crippen molar-refractivity contribution >= 4 is 29.5 Å². The molecule has 3 aromatic carbocycles. The van der Waals surface area contributed by atoms with Crippen LogP contribution < -0.4 is 0 Å². The smallest absolute Gasteiger partial charge is 0.339 e. The molecule has 31 heavy (non-hydrogen) atoms. The molecule has 0 N–H and O–H groups in total. The van der Waals surface area contributed by atoms with Crippen LogP contribution in [0.1, 0.15) is 36.6 Å². The van der Waals surface area contributed by atoms with Crippen molar-refractivity contribution in [3.05, 3.63) is 95.1 Å². The molecule has 2 amide bonds. The molecule has 0 radical (unpaired) electrons. The minimum atomic E-state index is -0.561. The number of amides is 2. The van der Waals surface area contributed by atoms with Crippen molar-refractivity contribution in [1.29, 1.82) is 5.26 Å². The minimum Gasteiger partial charge on any atom is -0.460 e. The molecule has 0 saturated carbocycles. The van der Waals surface area contributed by atoms with Crippen LogP contribution in [0.15, 0.2) is 82.6 Å². The summed E-state index contributed by atoms with van der Waals surface area (Å²) in [5.74, 6) is -1.34. The molecule has 152 valence electrons. The van der Waals surface area contributed by atoms with Crippen LogP contribution >= 0.6 is 11.8 Å². The molecule has 0 unspecified atom stereocenters. The first kappa shape index (κ1) is 20.4. The lowest BCUT2D eigenvalue weighted by atomic mass is 10.1. The Labute approximate surface area is 183 Å². The molecule has 1 aliphatic rings. The van der Waals surface area contributed by atoms with E-state index in [9.17, 15) is 19.6 Å². The summed E-state index contributed by atoms with van der Waals surface area (Å²) in [6.07, 6.45) is 0. The number of carbonyl (C=O) groups excluding carboxylic acids is 3. The number of ether oxygens (including phenoxy) is 1. The van der Waals surface area contributed by atoms with Crippen LogP contribution in [0.25, 0.3) is 0 Å². The SMILES string of the molecule is N#Cc1ccccc1Sc1ccccc1C(=O)OCCN1C(=O)c2ccccc2C1=O. The van der Waals surface area contributed by atoms with E-state index < -0.39 is 5.97 Å². The molecule has 6 nitrogen and oxygen atoms in total. The van der Waals surface area contributed by atoms with Gasteiger partial charge in [-0.1, -0.05) is 48.2 Å². The van der Waals surface area contributed by atoms with Crippen LogP contribution in [-0.2, 0) is 4.74 Å². The van der Waals surface area contributed by atoms with E-state index in [0.717, 1.165) is 9.80 Å². The molecule has 1 heterocycles. The molecule has 3 aromatic rings. The number of esters is 1. The molecule has 1 aliphatic heterocycles. The molecule has 0 spiro atoms. The van der Waals surface area contributed by atoms with Crippen LogP contribution in [0.5, 0.6) is 0 Å². The van der Waals surface area contributed by atoms with E-state index in [0.29, 0.717) is 27.1 Å². The Morgan fingerprint density at radius 3 is 2.13 bits per heavy atom. The number of carbonyl (C=O) groups is 3. The number of rotatable bonds is 6. The number of benzene rings is 3. The van der Waals surface area contributed by atoms with Gasteiger partial charge in [0.25, 0.3) is 11.8 Å². The Balaban J connectivity index is 1.43. The molecule has 0 bridgehead atoms. The Morgan fingerprint density at radius 1 is 0.871 bits per heavy atom. The lowest BCUT2D eigenvalue weighted by Crippen LogP contribution is -2.33. The molecule has 0 atom stereocenters. The summed E-state index contributed by atoms with van der Waals surface area (Å²) in [5, 5.41) is 9.29. The summed E-state index contributed by atoms with van der Waals surface area (Å²) in [7, 11) is 0. The summed E-state index contributed by atoms with van der Waals surface area (Å²) in [6, 6.07) is 22.8. The standard InChI is InChI=1S/C24H16N2O4S/c25-15-16-7-1-5-11-20(16)31-21-12-6-4-10-19(21)24(29)30-14-13-26-22(27)17-8-2-3-9-18(17)23(26)28/h1-12H,13-14H2. The van der Waals surface area contributed by atoms with E-state index in [1.807, 2.05) is 12.1 Å². The zero-order valence-corrected chi connectivity index (χ0v) is 17.1. The van der Waals surface area contributed by atoms with Gasteiger partial charge in [0.2, 0.25) is 0 Å². The number of hydrogen-bond acceptors (Lipinski definition) is 6. The fourth-order valence-electron chi connectivity index (χ4n) is 3.24. The van der Waals surface area contributed by atoms with E-state index in [2.05, 4.69) is 6.07 Å². The second-order valence-electron chi connectivity index (χ2n) is 6.65. The van der Waals surface area contributed by atoms with Gasteiger partial charge in [0.15, 0.2) is 0 Å². The number of imide groups is 1. The van der Waals surface area contributed by atoms with E-state index >= 15 is 0 Å². The van der Waals surface area contributed by atoms with Gasteiger partial charge in [0.05, 0.1) is 28.8 Å². The second-order valence-corrected chi connectivity index (χ2v) is 7.73. The summed E-state index contributed by atoms with van der Waals surface area (Å²) in [6.45, 7) is -0.136. The first-order chi connectivity index (χ1) is 15.1. The van der Waals surface area contributed by atoms with E-state index in [4.69, 9.17) is 4.74 Å². The maximum absolute atomic E-state index is 12.7. The third-order valence-electron chi connectivity index (χ3n) is 4.76. The largest absolute Gasteiger partial charge is 0.460 e. The number of hydrogen-bond donors (Lipinski definition) is 0. The van der Waals surface area contributed by atoms with E-state index in [1.54, 1.807) is 60.7 Å². The highest BCUT2D eigenvalue weighted by Gasteiger charge is 2.34. The average molecular weight is 428 g/mol. The normalized spacial score (nSPS) is 12.4. The molecule has 0 fully saturated rings. The predicted molar refractivity (Wildman–Crippen MR) is 114 cm³/mol. The maximum atomic E-state index is 12.7. The number of nitriles is 1. The van der Waals surface area contributed by atoms with Crippen LogP contribution in [0, 0.1) is 11.3 Å². The Kier molecular flexibility index (Phi) is 5.83. The highest BCUT2D eigenvalue weighted by Crippen LogP contribution is 2.33. The summed E-state index contributed by atoms with van der Waals surface area (Å²) in [4.78, 5) is 40.0.